The average Bonchev–Trinajstić information content (AvgIpc) is 3.27. The molecule has 1 fully saturated rings. The number of carbonyl (C=O) groups excluding carboxylic acids is 1. The van der Waals surface area contributed by atoms with Gasteiger partial charge in [-0.05, 0) is 36.1 Å². The van der Waals surface area contributed by atoms with Gasteiger partial charge in [0.15, 0.2) is 0 Å². The first-order valence-electron chi connectivity index (χ1n) is 8.17. The van der Waals surface area contributed by atoms with Crippen molar-refractivity contribution in [3.05, 3.63) is 71.1 Å². The predicted octanol–water partition coefficient (Wildman–Crippen LogP) is 3.45. The van der Waals surface area contributed by atoms with Crippen molar-refractivity contribution in [3.8, 4) is 0 Å². The van der Waals surface area contributed by atoms with E-state index in [2.05, 4.69) is 10.3 Å². The Hall–Kier alpha value is -2.33. The summed E-state index contributed by atoms with van der Waals surface area (Å²) in [6, 6.07) is 13.7. The summed E-state index contributed by atoms with van der Waals surface area (Å²) in [5, 5.41) is 3.78. The molecule has 1 N–H and O–H groups in total. The van der Waals surface area contributed by atoms with E-state index in [0.717, 1.165) is 34.8 Å². The molecule has 0 spiro atoms. The lowest BCUT2D eigenvalue weighted by molar-refractivity contribution is -0.122. The Morgan fingerprint density at radius 2 is 2.08 bits per heavy atom. The van der Waals surface area contributed by atoms with E-state index >= 15 is 0 Å². The first-order valence-corrected chi connectivity index (χ1v) is 8.55. The average molecular weight is 340 g/mol. The van der Waals surface area contributed by atoms with Gasteiger partial charge in [-0.2, -0.15) is 0 Å². The number of nitrogens with zero attached hydrogens (tertiary/aromatic N) is 2. The number of benzene rings is 1. The summed E-state index contributed by atoms with van der Waals surface area (Å²) in [7, 11) is 0. The summed E-state index contributed by atoms with van der Waals surface area (Å²) in [5.41, 5.74) is 3.00. The molecule has 4 nitrogen and oxygen atoms in total. The van der Waals surface area contributed by atoms with Crippen molar-refractivity contribution in [1.82, 2.24) is 14.7 Å². The zero-order valence-corrected chi connectivity index (χ0v) is 13.9. The Morgan fingerprint density at radius 3 is 2.92 bits per heavy atom. The van der Waals surface area contributed by atoms with Crippen molar-refractivity contribution in [2.45, 2.75) is 18.8 Å². The second-order valence-corrected chi connectivity index (χ2v) is 6.62. The van der Waals surface area contributed by atoms with Crippen LogP contribution in [-0.2, 0) is 11.2 Å². The number of rotatable bonds is 5. The molecule has 4 rings (SSSR count). The maximum Gasteiger partial charge on any atom is 0.223 e. The van der Waals surface area contributed by atoms with Crippen molar-refractivity contribution < 1.29 is 4.79 Å². The molecule has 24 heavy (non-hydrogen) atoms. The summed E-state index contributed by atoms with van der Waals surface area (Å²) in [6.45, 7) is 0.606. The van der Waals surface area contributed by atoms with E-state index in [1.807, 2.05) is 59.3 Å². The van der Waals surface area contributed by atoms with Gasteiger partial charge in [0.25, 0.3) is 0 Å². The maximum atomic E-state index is 12.3. The molecule has 1 saturated carbocycles. The summed E-state index contributed by atoms with van der Waals surface area (Å²) in [4.78, 5) is 16.8. The van der Waals surface area contributed by atoms with Crippen LogP contribution in [0, 0.1) is 5.92 Å². The quantitative estimate of drug-likeness (QED) is 0.774. The van der Waals surface area contributed by atoms with Crippen LogP contribution in [0.2, 0.25) is 5.02 Å². The number of nitrogens with one attached hydrogen (secondary N) is 1. The molecule has 0 saturated heterocycles. The van der Waals surface area contributed by atoms with Crippen LogP contribution in [0.3, 0.4) is 0 Å². The molecule has 2 aromatic heterocycles. The lowest BCUT2D eigenvalue weighted by atomic mass is 10.1. The van der Waals surface area contributed by atoms with Crippen molar-refractivity contribution in [1.29, 1.82) is 0 Å². The van der Waals surface area contributed by atoms with Gasteiger partial charge in [0.1, 0.15) is 5.65 Å². The molecule has 5 heteroatoms. The molecule has 0 radical (unpaired) electrons. The first-order chi connectivity index (χ1) is 11.7. The van der Waals surface area contributed by atoms with E-state index in [1.165, 1.54) is 0 Å². The number of carbonyl (C=O) groups is 1. The number of halogens is 1. The molecule has 3 aromatic rings. The van der Waals surface area contributed by atoms with Crippen LogP contribution in [-0.4, -0.2) is 21.8 Å². The number of hydrogen-bond acceptors (Lipinski definition) is 2. The SMILES string of the molecule is O=C(NCCc1cn2ccccc2n1)C1CC1c1ccccc1Cl. The lowest BCUT2D eigenvalue weighted by Gasteiger charge is -2.05. The molecule has 1 aliphatic rings. The molecule has 1 aromatic carbocycles. The summed E-state index contributed by atoms with van der Waals surface area (Å²) in [5.74, 6) is 0.420. The minimum atomic E-state index is 0.0472. The Balaban J connectivity index is 1.31. The molecular formula is C19H18ClN3O. The summed E-state index contributed by atoms with van der Waals surface area (Å²) >= 11 is 6.21. The summed E-state index contributed by atoms with van der Waals surface area (Å²) < 4.78 is 1.99. The van der Waals surface area contributed by atoms with Gasteiger partial charge < -0.3 is 9.72 Å². The zero-order valence-electron chi connectivity index (χ0n) is 13.2. The highest BCUT2D eigenvalue weighted by atomic mass is 35.5. The van der Waals surface area contributed by atoms with Crippen LogP contribution < -0.4 is 5.32 Å². The van der Waals surface area contributed by atoms with Crippen LogP contribution in [0.4, 0.5) is 0 Å². The fourth-order valence-corrected chi connectivity index (χ4v) is 3.43. The number of amides is 1. The highest BCUT2D eigenvalue weighted by Crippen LogP contribution is 2.49. The number of fused-ring (bicyclic) bond motifs is 1. The number of hydrogen-bond donors (Lipinski definition) is 1. The van der Waals surface area contributed by atoms with Gasteiger partial charge in [-0.1, -0.05) is 35.9 Å². The Morgan fingerprint density at radius 1 is 1.25 bits per heavy atom. The highest BCUT2D eigenvalue weighted by molar-refractivity contribution is 6.31. The van der Waals surface area contributed by atoms with Crippen LogP contribution >= 0.6 is 11.6 Å². The normalized spacial score (nSPS) is 19.4. The second kappa shape index (κ2) is 6.29. The van der Waals surface area contributed by atoms with Crippen molar-refractivity contribution in [2.24, 2.45) is 5.92 Å². The van der Waals surface area contributed by atoms with Crippen molar-refractivity contribution in [3.63, 3.8) is 0 Å². The van der Waals surface area contributed by atoms with Crippen LogP contribution in [0.15, 0.2) is 54.9 Å². The van der Waals surface area contributed by atoms with E-state index in [4.69, 9.17) is 11.6 Å². The van der Waals surface area contributed by atoms with Crippen molar-refractivity contribution in [2.75, 3.05) is 6.54 Å². The molecular weight excluding hydrogens is 322 g/mol. The van der Waals surface area contributed by atoms with E-state index in [0.29, 0.717) is 6.54 Å². The van der Waals surface area contributed by atoms with E-state index in [9.17, 15) is 4.79 Å². The molecule has 1 amide bonds. The molecule has 0 aliphatic heterocycles. The van der Waals surface area contributed by atoms with Gasteiger partial charge >= 0.3 is 0 Å². The van der Waals surface area contributed by atoms with E-state index < -0.39 is 0 Å². The first kappa shape index (κ1) is 15.2. The Labute approximate surface area is 145 Å². The smallest absolute Gasteiger partial charge is 0.223 e. The number of pyridine rings is 1. The third-order valence-corrected chi connectivity index (χ3v) is 4.87. The van der Waals surface area contributed by atoms with Gasteiger partial charge in [0.2, 0.25) is 5.91 Å². The second-order valence-electron chi connectivity index (χ2n) is 6.21. The predicted molar refractivity (Wildman–Crippen MR) is 94.2 cm³/mol. The standard InChI is InChI=1S/C19H18ClN3O/c20-17-6-2-1-5-14(17)15-11-16(15)19(24)21-9-8-13-12-23-10-4-3-7-18(23)22-13/h1-7,10,12,15-16H,8-9,11H2,(H,21,24). The number of aromatic nitrogens is 2. The zero-order chi connectivity index (χ0) is 16.5. The molecule has 0 bridgehead atoms. The maximum absolute atomic E-state index is 12.3. The van der Waals surface area contributed by atoms with E-state index in [1.54, 1.807) is 0 Å². The molecule has 122 valence electrons. The lowest BCUT2D eigenvalue weighted by Crippen LogP contribution is -2.27. The fourth-order valence-electron chi connectivity index (χ4n) is 3.16. The third kappa shape index (κ3) is 3.02. The van der Waals surface area contributed by atoms with Gasteiger partial charge in [-0.3, -0.25) is 4.79 Å². The van der Waals surface area contributed by atoms with Crippen LogP contribution in [0.5, 0.6) is 0 Å². The summed E-state index contributed by atoms with van der Waals surface area (Å²) in [6.07, 6.45) is 5.59. The van der Waals surface area contributed by atoms with Gasteiger partial charge in [0.05, 0.1) is 5.69 Å². The monoisotopic (exact) mass is 339 g/mol. The molecule has 2 atom stereocenters. The highest BCUT2D eigenvalue weighted by Gasteiger charge is 2.44. The largest absolute Gasteiger partial charge is 0.355 e. The molecule has 2 heterocycles. The van der Waals surface area contributed by atoms with E-state index in [-0.39, 0.29) is 17.7 Å². The molecule has 2 unspecified atom stereocenters. The third-order valence-electron chi connectivity index (χ3n) is 4.53. The van der Waals surface area contributed by atoms with Gasteiger partial charge in [-0.25, -0.2) is 4.98 Å². The van der Waals surface area contributed by atoms with Crippen LogP contribution in [0.25, 0.3) is 5.65 Å². The molecule has 1 aliphatic carbocycles. The van der Waals surface area contributed by atoms with Gasteiger partial charge in [-0.15, -0.1) is 0 Å². The van der Waals surface area contributed by atoms with Gasteiger partial charge in [0, 0.05) is 36.3 Å². The Kier molecular flexibility index (Phi) is 3.98. The minimum Gasteiger partial charge on any atom is -0.355 e. The Bertz CT molecular complexity index is 856. The number of imidazole rings is 1. The minimum absolute atomic E-state index is 0.0472. The van der Waals surface area contributed by atoms with Crippen molar-refractivity contribution >= 4 is 23.2 Å². The van der Waals surface area contributed by atoms with Crippen LogP contribution in [0.1, 0.15) is 23.6 Å². The fraction of sp³-hybridized carbons (Fsp3) is 0.263. The topological polar surface area (TPSA) is 46.4 Å².